The second-order valence-electron chi connectivity index (χ2n) is 3.26. The minimum atomic E-state index is -1.33. The Kier molecular flexibility index (Phi) is 3.55. The number of rotatable bonds is 3. The maximum absolute atomic E-state index is 6.18. The lowest BCUT2D eigenvalue weighted by Gasteiger charge is -2.25. The predicted molar refractivity (Wildman–Crippen MR) is 51.6 cm³/mol. The minimum absolute atomic E-state index is 0.574. The van der Waals surface area contributed by atoms with Crippen molar-refractivity contribution in [2.75, 3.05) is 0 Å². The Morgan fingerprint density at radius 2 is 1.50 bits per heavy atom. The highest BCUT2D eigenvalue weighted by molar-refractivity contribution is 7.77. The molecule has 0 aliphatic rings. The average molecular weight is 160 g/mol. The molecular weight excluding hydrogens is 141 g/mol. The summed E-state index contributed by atoms with van der Waals surface area (Å²) in [5.74, 6) is 1.97. The van der Waals surface area contributed by atoms with Crippen molar-refractivity contribution in [1.82, 2.24) is 0 Å². The third kappa shape index (κ3) is 1.81. The van der Waals surface area contributed by atoms with Crippen LogP contribution < -0.4 is 5.50 Å². The summed E-state index contributed by atoms with van der Waals surface area (Å²) in [6, 6.07) is 0. The zero-order valence-corrected chi connectivity index (χ0v) is 8.36. The van der Waals surface area contributed by atoms with Crippen LogP contribution >= 0.6 is 7.41 Å². The van der Waals surface area contributed by atoms with Gasteiger partial charge in [-0.25, -0.2) is 5.50 Å². The van der Waals surface area contributed by atoms with E-state index < -0.39 is 7.41 Å². The molecule has 0 unspecified atom stereocenters. The quantitative estimate of drug-likeness (QED) is 0.631. The van der Waals surface area contributed by atoms with Gasteiger partial charge in [-0.1, -0.05) is 6.58 Å². The number of nitrogens with two attached hydrogens (primary N) is 1. The summed E-state index contributed by atoms with van der Waals surface area (Å²) in [5.41, 5.74) is 7.32. The Morgan fingerprint density at radius 1 is 1.20 bits per heavy atom. The van der Waals surface area contributed by atoms with Gasteiger partial charge in [0.1, 0.15) is 7.41 Å². The van der Waals surface area contributed by atoms with Crippen molar-refractivity contribution in [3.05, 3.63) is 12.4 Å². The molecule has 60 valence electrons. The first-order chi connectivity index (χ1) is 4.45. The van der Waals surface area contributed by atoms with Crippen LogP contribution in [0, 0.1) is 0 Å². The molecule has 0 aliphatic heterocycles. The number of hydrogen-bond donors (Lipinski definition) is 1. The smallest absolute Gasteiger partial charge is 0.107 e. The van der Waals surface area contributed by atoms with Gasteiger partial charge in [0.05, 0.1) is 17.1 Å². The zero-order valence-electron chi connectivity index (χ0n) is 7.46. The number of hydrogen-bond acceptors (Lipinski definition) is 1. The van der Waals surface area contributed by atoms with Crippen LogP contribution in [0.25, 0.3) is 0 Å². The maximum atomic E-state index is 6.18. The molecule has 1 nitrogen and oxygen atoms in total. The Hall–Kier alpha value is 0.130. The molecule has 0 aromatic heterocycles. The molecule has 0 radical (unpaired) electrons. The van der Waals surface area contributed by atoms with Gasteiger partial charge < -0.3 is 0 Å². The van der Waals surface area contributed by atoms with Gasteiger partial charge in [-0.3, -0.25) is 0 Å². The fraction of sp³-hybridized carbons (Fsp3) is 0.750. The van der Waals surface area contributed by atoms with Gasteiger partial charge >= 0.3 is 0 Å². The fourth-order valence-electron chi connectivity index (χ4n) is 1.02. The second kappa shape index (κ2) is 3.50. The van der Waals surface area contributed by atoms with Crippen LogP contribution in [-0.2, 0) is 0 Å². The van der Waals surface area contributed by atoms with Crippen molar-refractivity contribution in [2.45, 2.75) is 39.0 Å². The molecular formula is C8H19NP+. The van der Waals surface area contributed by atoms with E-state index in [-0.39, 0.29) is 0 Å². The van der Waals surface area contributed by atoms with Crippen molar-refractivity contribution < 1.29 is 0 Å². The van der Waals surface area contributed by atoms with Crippen molar-refractivity contribution in [1.29, 1.82) is 0 Å². The monoisotopic (exact) mass is 160 g/mol. The maximum Gasteiger partial charge on any atom is 0.107 e. The Balaban J connectivity index is 4.38. The summed E-state index contributed by atoms with van der Waals surface area (Å²) in [6.45, 7) is 12.5. The summed E-state index contributed by atoms with van der Waals surface area (Å²) in [4.78, 5) is 0. The fourth-order valence-corrected chi connectivity index (χ4v) is 3.05. The minimum Gasteiger partial charge on any atom is -0.200 e. The first kappa shape index (κ1) is 10.1. The Labute approximate surface area is 65.1 Å². The van der Waals surface area contributed by atoms with E-state index >= 15 is 0 Å². The van der Waals surface area contributed by atoms with Crippen LogP contribution in [0.4, 0.5) is 0 Å². The van der Waals surface area contributed by atoms with Crippen LogP contribution in [0.3, 0.4) is 0 Å². The summed E-state index contributed by atoms with van der Waals surface area (Å²) in [6.07, 6.45) is 0. The SMILES string of the molecule is C=C[P+](N)(C(C)C)C(C)C. The van der Waals surface area contributed by atoms with E-state index in [9.17, 15) is 0 Å². The van der Waals surface area contributed by atoms with Crippen molar-refractivity contribution in [2.24, 2.45) is 5.50 Å². The normalized spacial score (nSPS) is 12.7. The molecule has 0 rings (SSSR count). The zero-order chi connectivity index (χ0) is 8.36. The van der Waals surface area contributed by atoms with Crippen LogP contribution in [0.15, 0.2) is 12.4 Å². The average Bonchev–Trinajstić information content (AvgIpc) is 1.85. The van der Waals surface area contributed by atoms with Crippen LogP contribution in [0.5, 0.6) is 0 Å². The molecule has 0 amide bonds. The third-order valence-electron chi connectivity index (χ3n) is 2.11. The van der Waals surface area contributed by atoms with Crippen LogP contribution in [0.2, 0.25) is 0 Å². The molecule has 0 saturated heterocycles. The molecule has 0 saturated carbocycles. The first-order valence-electron chi connectivity index (χ1n) is 3.75. The predicted octanol–water partition coefficient (Wildman–Crippen LogP) is 2.84. The van der Waals surface area contributed by atoms with Gasteiger partial charge in [-0.2, -0.15) is 0 Å². The Bertz CT molecular complexity index is 110. The molecule has 0 fully saturated rings. The highest BCUT2D eigenvalue weighted by atomic mass is 31.2. The molecule has 10 heavy (non-hydrogen) atoms. The molecule has 0 aliphatic carbocycles. The second-order valence-corrected chi connectivity index (χ2v) is 7.48. The Morgan fingerprint density at radius 3 is 1.50 bits per heavy atom. The highest BCUT2D eigenvalue weighted by Crippen LogP contribution is 2.60. The van der Waals surface area contributed by atoms with E-state index in [0.29, 0.717) is 11.3 Å². The van der Waals surface area contributed by atoms with Crippen molar-refractivity contribution >= 4 is 7.41 Å². The molecule has 0 heterocycles. The van der Waals surface area contributed by atoms with E-state index in [2.05, 4.69) is 34.3 Å². The standard InChI is InChI=1S/C8H19NP/c1-6-10(9,7(2)3)8(4)5/h6-8H,1,9H2,2-5H3/q+1. The van der Waals surface area contributed by atoms with Gasteiger partial charge in [0.2, 0.25) is 0 Å². The first-order valence-corrected chi connectivity index (χ1v) is 5.82. The van der Waals surface area contributed by atoms with Crippen molar-refractivity contribution in [3.63, 3.8) is 0 Å². The van der Waals surface area contributed by atoms with Crippen molar-refractivity contribution in [3.8, 4) is 0 Å². The lowest BCUT2D eigenvalue weighted by Crippen LogP contribution is -2.20. The molecule has 0 atom stereocenters. The van der Waals surface area contributed by atoms with Crippen LogP contribution in [0.1, 0.15) is 27.7 Å². The van der Waals surface area contributed by atoms with Gasteiger partial charge in [0.15, 0.2) is 0 Å². The topological polar surface area (TPSA) is 26.0 Å². The highest BCUT2D eigenvalue weighted by Gasteiger charge is 2.37. The largest absolute Gasteiger partial charge is 0.200 e. The lowest BCUT2D eigenvalue weighted by atomic mass is 10.5. The molecule has 2 N–H and O–H groups in total. The van der Waals surface area contributed by atoms with E-state index in [1.54, 1.807) is 0 Å². The summed E-state index contributed by atoms with van der Waals surface area (Å²) >= 11 is 0. The van der Waals surface area contributed by atoms with E-state index in [0.717, 1.165) is 0 Å². The van der Waals surface area contributed by atoms with E-state index in [1.165, 1.54) is 0 Å². The molecule has 0 aromatic carbocycles. The van der Waals surface area contributed by atoms with Crippen LogP contribution in [-0.4, -0.2) is 11.3 Å². The molecule has 0 bridgehead atoms. The molecule has 0 aromatic rings. The summed E-state index contributed by atoms with van der Waals surface area (Å²) in [7, 11) is -1.33. The van der Waals surface area contributed by atoms with Gasteiger partial charge in [0.25, 0.3) is 0 Å². The third-order valence-corrected chi connectivity index (χ3v) is 6.32. The summed E-state index contributed by atoms with van der Waals surface area (Å²) in [5, 5.41) is 0. The van der Waals surface area contributed by atoms with Gasteiger partial charge in [-0.15, -0.1) is 0 Å². The van der Waals surface area contributed by atoms with Gasteiger partial charge in [-0.05, 0) is 27.7 Å². The van der Waals surface area contributed by atoms with E-state index in [1.807, 2.05) is 5.82 Å². The lowest BCUT2D eigenvalue weighted by molar-refractivity contribution is 0.988. The molecule has 0 spiro atoms. The molecule has 2 heteroatoms. The summed E-state index contributed by atoms with van der Waals surface area (Å²) < 4.78 is 0. The van der Waals surface area contributed by atoms with E-state index in [4.69, 9.17) is 5.50 Å². The van der Waals surface area contributed by atoms with Gasteiger partial charge in [0, 0.05) is 0 Å².